The van der Waals surface area contributed by atoms with Crippen molar-refractivity contribution in [3.05, 3.63) is 78.9 Å². The molecule has 1 atom stereocenters. The molecule has 0 aromatic heterocycles. The number of carbonyl (C=O) groups excluding carboxylic acids is 1. The molecule has 25 heavy (non-hydrogen) atoms. The Labute approximate surface area is 158 Å². The summed E-state index contributed by atoms with van der Waals surface area (Å²) in [6, 6.07) is 21.3. The van der Waals surface area contributed by atoms with E-state index in [0.717, 1.165) is 11.7 Å². The zero-order chi connectivity index (χ0) is 18.1. The van der Waals surface area contributed by atoms with E-state index < -0.39 is 0 Å². The molecular weight excluding hydrogens is 373 g/mol. The average molecular weight is 400 g/mol. The standard InChI is InChI=1S/C22H27NOSe/c1-4-15-23(22(24)18(2)3)20(16-19-11-7-5-8-12-19)17-25-21-13-9-6-10-14-21/h4-14,18,20H,1,15-17H2,2-3H3. The van der Waals surface area contributed by atoms with Gasteiger partial charge in [0, 0.05) is 0 Å². The van der Waals surface area contributed by atoms with Crippen molar-refractivity contribution in [2.24, 2.45) is 5.92 Å². The van der Waals surface area contributed by atoms with Crippen molar-refractivity contribution in [2.75, 3.05) is 6.54 Å². The fraction of sp³-hybridized carbons (Fsp3) is 0.318. The van der Waals surface area contributed by atoms with Crippen molar-refractivity contribution in [3.63, 3.8) is 0 Å². The molecule has 0 aliphatic rings. The van der Waals surface area contributed by atoms with Crippen LogP contribution in [0.25, 0.3) is 0 Å². The predicted octanol–water partition coefficient (Wildman–Crippen LogP) is 3.72. The third-order valence-corrected chi connectivity index (χ3v) is 6.47. The Morgan fingerprint density at radius 2 is 1.68 bits per heavy atom. The van der Waals surface area contributed by atoms with Crippen LogP contribution in [0.4, 0.5) is 0 Å². The van der Waals surface area contributed by atoms with Crippen LogP contribution in [0, 0.1) is 5.92 Å². The molecule has 0 fully saturated rings. The Morgan fingerprint density at radius 1 is 1.08 bits per heavy atom. The molecule has 3 heteroatoms. The van der Waals surface area contributed by atoms with Crippen LogP contribution in [0.2, 0.25) is 5.32 Å². The maximum atomic E-state index is 12.8. The van der Waals surface area contributed by atoms with Crippen LogP contribution >= 0.6 is 0 Å². The number of nitrogens with zero attached hydrogens (tertiary/aromatic N) is 1. The SMILES string of the molecule is C=CCN(C(=O)C(C)C)C(C[Se]c1ccccc1)Cc1ccccc1. The molecule has 2 aromatic carbocycles. The minimum absolute atomic E-state index is 0.00227. The van der Waals surface area contributed by atoms with Gasteiger partial charge < -0.3 is 0 Å². The van der Waals surface area contributed by atoms with Crippen LogP contribution in [0.15, 0.2) is 73.3 Å². The van der Waals surface area contributed by atoms with E-state index in [1.165, 1.54) is 10.0 Å². The summed E-state index contributed by atoms with van der Waals surface area (Å²) in [4.78, 5) is 14.8. The Bertz CT molecular complexity index is 654. The molecule has 0 spiro atoms. The Morgan fingerprint density at radius 3 is 2.24 bits per heavy atom. The van der Waals surface area contributed by atoms with Crippen LogP contribution < -0.4 is 4.46 Å². The van der Waals surface area contributed by atoms with Crippen LogP contribution in [-0.4, -0.2) is 38.4 Å². The fourth-order valence-corrected chi connectivity index (χ4v) is 4.91. The molecule has 0 N–H and O–H groups in total. The normalized spacial score (nSPS) is 12.0. The second kappa shape index (κ2) is 10.2. The first kappa shape index (κ1) is 19.5. The molecule has 132 valence electrons. The monoisotopic (exact) mass is 401 g/mol. The number of benzene rings is 2. The van der Waals surface area contributed by atoms with Gasteiger partial charge in [0.1, 0.15) is 0 Å². The maximum absolute atomic E-state index is 12.8. The van der Waals surface area contributed by atoms with Crippen molar-refractivity contribution in [3.8, 4) is 0 Å². The van der Waals surface area contributed by atoms with Gasteiger partial charge in [0.05, 0.1) is 0 Å². The fourth-order valence-electron chi connectivity index (χ4n) is 2.74. The third kappa shape index (κ3) is 6.19. The minimum atomic E-state index is 0.00227. The Kier molecular flexibility index (Phi) is 7.97. The molecule has 0 saturated carbocycles. The van der Waals surface area contributed by atoms with Gasteiger partial charge in [0.2, 0.25) is 0 Å². The van der Waals surface area contributed by atoms with E-state index in [1.54, 1.807) is 0 Å². The summed E-state index contributed by atoms with van der Waals surface area (Å²) in [5.41, 5.74) is 1.28. The van der Waals surface area contributed by atoms with Crippen molar-refractivity contribution >= 4 is 25.3 Å². The van der Waals surface area contributed by atoms with Crippen molar-refractivity contribution in [1.29, 1.82) is 0 Å². The van der Waals surface area contributed by atoms with Crippen molar-refractivity contribution < 1.29 is 4.79 Å². The first-order valence-corrected chi connectivity index (χ1v) is 10.8. The van der Waals surface area contributed by atoms with E-state index in [-0.39, 0.29) is 17.9 Å². The molecule has 0 bridgehead atoms. The van der Waals surface area contributed by atoms with Crippen molar-refractivity contribution in [2.45, 2.75) is 31.6 Å². The molecule has 0 aliphatic heterocycles. The van der Waals surface area contributed by atoms with Gasteiger partial charge in [0.15, 0.2) is 0 Å². The average Bonchev–Trinajstić information content (AvgIpc) is 2.64. The first-order chi connectivity index (χ1) is 12.1. The summed E-state index contributed by atoms with van der Waals surface area (Å²) < 4.78 is 1.38. The van der Waals surface area contributed by atoms with Crippen LogP contribution in [0.1, 0.15) is 19.4 Å². The van der Waals surface area contributed by atoms with Gasteiger partial charge in [-0.1, -0.05) is 0 Å². The van der Waals surface area contributed by atoms with E-state index >= 15 is 0 Å². The predicted molar refractivity (Wildman–Crippen MR) is 107 cm³/mol. The second-order valence-corrected chi connectivity index (χ2v) is 8.70. The van der Waals surface area contributed by atoms with E-state index in [0.29, 0.717) is 21.5 Å². The van der Waals surface area contributed by atoms with Gasteiger partial charge in [-0.15, -0.1) is 0 Å². The van der Waals surface area contributed by atoms with Gasteiger partial charge in [0.25, 0.3) is 0 Å². The number of rotatable bonds is 9. The summed E-state index contributed by atoms with van der Waals surface area (Å²) in [6.45, 7) is 8.42. The summed E-state index contributed by atoms with van der Waals surface area (Å²) in [7, 11) is 0. The molecule has 0 aliphatic carbocycles. The molecule has 1 amide bonds. The van der Waals surface area contributed by atoms with Gasteiger partial charge in [-0.2, -0.15) is 0 Å². The number of carbonyl (C=O) groups is 1. The molecule has 0 radical (unpaired) electrons. The zero-order valence-corrected chi connectivity index (χ0v) is 16.8. The molecular formula is C22H27NOSe. The van der Waals surface area contributed by atoms with Crippen LogP contribution in [0.5, 0.6) is 0 Å². The van der Waals surface area contributed by atoms with Gasteiger partial charge in [-0.3, -0.25) is 0 Å². The molecule has 1 unspecified atom stereocenters. The quantitative estimate of drug-likeness (QED) is 0.464. The van der Waals surface area contributed by atoms with Crippen LogP contribution in [0.3, 0.4) is 0 Å². The van der Waals surface area contributed by atoms with Crippen molar-refractivity contribution in [1.82, 2.24) is 4.90 Å². The molecule has 2 rings (SSSR count). The summed E-state index contributed by atoms with van der Waals surface area (Å²) in [6.07, 6.45) is 2.73. The van der Waals surface area contributed by atoms with E-state index in [9.17, 15) is 4.79 Å². The number of hydrogen-bond acceptors (Lipinski definition) is 1. The van der Waals surface area contributed by atoms with Crippen LogP contribution in [-0.2, 0) is 11.2 Å². The molecule has 2 aromatic rings. The number of hydrogen-bond donors (Lipinski definition) is 0. The molecule has 0 heterocycles. The van der Waals surface area contributed by atoms with Gasteiger partial charge in [-0.05, 0) is 0 Å². The van der Waals surface area contributed by atoms with Gasteiger partial charge in [-0.25, -0.2) is 0 Å². The number of amides is 1. The van der Waals surface area contributed by atoms with E-state index in [1.807, 2.05) is 37.0 Å². The second-order valence-electron chi connectivity index (χ2n) is 6.40. The zero-order valence-electron chi connectivity index (χ0n) is 15.1. The summed E-state index contributed by atoms with van der Waals surface area (Å²) >= 11 is 0.345. The summed E-state index contributed by atoms with van der Waals surface area (Å²) in [5, 5.41) is 1.01. The first-order valence-electron chi connectivity index (χ1n) is 8.75. The molecule has 2 nitrogen and oxygen atoms in total. The third-order valence-electron chi connectivity index (χ3n) is 4.04. The Hall–Kier alpha value is -1.83. The topological polar surface area (TPSA) is 20.3 Å². The summed E-state index contributed by atoms with van der Waals surface area (Å²) in [5.74, 6) is 0.215. The molecule has 0 saturated heterocycles. The van der Waals surface area contributed by atoms with Gasteiger partial charge >= 0.3 is 158 Å². The van der Waals surface area contributed by atoms with E-state index in [4.69, 9.17) is 0 Å². The Balaban J connectivity index is 2.19. The van der Waals surface area contributed by atoms with E-state index in [2.05, 4.69) is 55.1 Å².